The van der Waals surface area contributed by atoms with Crippen molar-refractivity contribution in [2.24, 2.45) is 0 Å². The number of carbonyl (C=O) groups excluding carboxylic acids is 2. The number of imidazole rings is 1. The zero-order chi connectivity index (χ0) is 21.1. The number of hydrogen-bond donors (Lipinski definition) is 1. The summed E-state index contributed by atoms with van der Waals surface area (Å²) in [6, 6.07) is 10.9. The Morgan fingerprint density at radius 2 is 1.90 bits per heavy atom. The number of carbonyl (C=O) groups is 2. The third-order valence-corrected chi connectivity index (χ3v) is 5.33. The van der Waals surface area contributed by atoms with E-state index in [1.807, 2.05) is 43.5 Å². The Labute approximate surface area is 175 Å². The minimum Gasteiger partial charge on any atom is -0.462 e. The van der Waals surface area contributed by atoms with Gasteiger partial charge < -0.3 is 10.1 Å². The van der Waals surface area contributed by atoms with Crippen molar-refractivity contribution in [3.63, 3.8) is 0 Å². The normalized spacial score (nSPS) is 10.9. The minimum absolute atomic E-state index is 0.118. The van der Waals surface area contributed by atoms with Crippen LogP contribution in [0.5, 0.6) is 0 Å². The van der Waals surface area contributed by atoms with Gasteiger partial charge in [0.2, 0.25) is 0 Å². The minimum atomic E-state index is -0.374. The Morgan fingerprint density at radius 1 is 1.14 bits per heavy atom. The van der Waals surface area contributed by atoms with E-state index in [1.54, 1.807) is 25.1 Å². The number of rotatable bonds is 6. The van der Waals surface area contributed by atoms with Gasteiger partial charge in [-0.05, 0) is 50.6 Å². The van der Waals surface area contributed by atoms with Crippen LogP contribution in [0.15, 0.2) is 36.4 Å². The number of benzene rings is 2. The number of fused-ring (bicyclic) bond motifs is 1. The van der Waals surface area contributed by atoms with Crippen molar-refractivity contribution in [1.82, 2.24) is 4.57 Å². The summed E-state index contributed by atoms with van der Waals surface area (Å²) in [4.78, 5) is 24.9. The Morgan fingerprint density at radius 3 is 2.55 bits per heavy atom. The highest BCUT2D eigenvalue weighted by Gasteiger charge is 2.24. The average Bonchev–Trinajstić information content (AvgIpc) is 2.95. The lowest BCUT2D eigenvalue weighted by atomic mass is 10.2. The first kappa shape index (κ1) is 20.9. The number of amides is 1. The van der Waals surface area contributed by atoms with E-state index < -0.39 is 0 Å². The summed E-state index contributed by atoms with van der Waals surface area (Å²) in [6.07, 6.45) is 0. The molecule has 0 radical (unpaired) electrons. The number of halogens is 1. The average molecular weight is 415 g/mol. The van der Waals surface area contributed by atoms with E-state index >= 15 is 0 Å². The molecule has 1 heterocycles. The van der Waals surface area contributed by atoms with Crippen LogP contribution in [0, 0.1) is 13.8 Å². The molecule has 3 rings (SSSR count). The molecule has 0 saturated heterocycles. The number of ether oxygens (including phenoxy) is 1. The maximum absolute atomic E-state index is 12.7. The number of aromatic nitrogens is 2. The van der Waals surface area contributed by atoms with Gasteiger partial charge in [0.1, 0.15) is 0 Å². The lowest BCUT2D eigenvalue weighted by Crippen LogP contribution is -2.35. The molecule has 1 amide bonds. The van der Waals surface area contributed by atoms with Crippen molar-refractivity contribution < 1.29 is 18.9 Å². The zero-order valence-electron chi connectivity index (χ0n) is 17.1. The monoisotopic (exact) mass is 414 g/mol. The first-order chi connectivity index (χ1) is 13.8. The smallest absolute Gasteiger partial charge is 0.338 e. The number of anilines is 1. The highest BCUT2D eigenvalue weighted by atomic mass is 35.5. The number of esters is 1. The first-order valence-corrected chi connectivity index (χ1v) is 9.99. The summed E-state index contributed by atoms with van der Waals surface area (Å²) < 4.78 is 9.14. The van der Waals surface area contributed by atoms with Crippen LogP contribution >= 0.6 is 11.6 Å². The molecule has 1 N–H and O–H groups in total. The van der Waals surface area contributed by atoms with Crippen LogP contribution in [0.25, 0.3) is 11.0 Å². The highest BCUT2D eigenvalue weighted by Crippen LogP contribution is 2.21. The standard InChI is InChI=1S/C22H24ClN3O3/c1-5-25-15(4)26(13-21(27)24-17-9-7-14(3)18(23)12-17)20-11-16(8-10-19(20)25)22(28)29-6-2/h7-12H,5-6,13H2,1-4H3/p+1. The van der Waals surface area contributed by atoms with E-state index in [-0.39, 0.29) is 18.4 Å². The van der Waals surface area contributed by atoms with Crippen LogP contribution in [-0.4, -0.2) is 23.1 Å². The molecule has 7 heteroatoms. The highest BCUT2D eigenvalue weighted by molar-refractivity contribution is 6.31. The van der Waals surface area contributed by atoms with E-state index in [9.17, 15) is 9.59 Å². The third-order valence-electron chi connectivity index (χ3n) is 4.92. The molecule has 0 aliphatic carbocycles. The molecule has 2 aromatic carbocycles. The quantitative estimate of drug-likeness (QED) is 0.489. The molecule has 0 fully saturated rings. The van der Waals surface area contributed by atoms with Crippen LogP contribution in [0.4, 0.5) is 5.69 Å². The van der Waals surface area contributed by atoms with Gasteiger partial charge in [-0.3, -0.25) is 4.79 Å². The van der Waals surface area contributed by atoms with Crippen LogP contribution in [0.2, 0.25) is 5.02 Å². The van der Waals surface area contributed by atoms with E-state index in [2.05, 4.69) is 9.88 Å². The van der Waals surface area contributed by atoms with Crippen molar-refractivity contribution in [1.29, 1.82) is 0 Å². The van der Waals surface area contributed by atoms with Gasteiger partial charge in [-0.25, -0.2) is 13.9 Å². The fourth-order valence-electron chi connectivity index (χ4n) is 3.42. The van der Waals surface area contributed by atoms with Crippen molar-refractivity contribution in [3.05, 3.63) is 58.4 Å². The molecular weight excluding hydrogens is 390 g/mol. The molecule has 29 heavy (non-hydrogen) atoms. The second kappa shape index (κ2) is 8.66. The predicted octanol–water partition coefficient (Wildman–Crippen LogP) is 4.03. The molecule has 0 aliphatic heterocycles. The van der Waals surface area contributed by atoms with Gasteiger partial charge in [-0.15, -0.1) is 0 Å². The zero-order valence-corrected chi connectivity index (χ0v) is 17.8. The van der Waals surface area contributed by atoms with Crippen molar-refractivity contribution >= 4 is 40.2 Å². The first-order valence-electron chi connectivity index (χ1n) is 9.61. The van der Waals surface area contributed by atoms with Gasteiger partial charge in [0, 0.05) is 23.7 Å². The van der Waals surface area contributed by atoms with Gasteiger partial charge in [-0.2, -0.15) is 0 Å². The fourth-order valence-corrected chi connectivity index (χ4v) is 3.60. The Kier molecular flexibility index (Phi) is 6.23. The molecule has 6 nitrogen and oxygen atoms in total. The second-order valence-corrected chi connectivity index (χ2v) is 7.22. The van der Waals surface area contributed by atoms with Gasteiger partial charge in [0.05, 0.1) is 18.7 Å². The summed E-state index contributed by atoms with van der Waals surface area (Å²) in [5.41, 5.74) is 3.84. The van der Waals surface area contributed by atoms with Gasteiger partial charge in [0.15, 0.2) is 17.6 Å². The third kappa shape index (κ3) is 4.27. The molecule has 0 spiro atoms. The van der Waals surface area contributed by atoms with Gasteiger partial charge >= 0.3 is 5.97 Å². The molecule has 0 bridgehead atoms. The van der Waals surface area contributed by atoms with E-state index in [1.165, 1.54) is 0 Å². The molecule has 0 unspecified atom stereocenters. The molecule has 3 aromatic rings. The molecule has 0 aliphatic rings. The van der Waals surface area contributed by atoms with Crippen molar-refractivity contribution in [3.8, 4) is 0 Å². The SMILES string of the molecule is CCOC(=O)c1ccc2c(c1)n(CC(=O)Nc1ccc(C)c(Cl)c1)c(C)[n+]2CC. The van der Waals surface area contributed by atoms with Crippen LogP contribution in [0.3, 0.4) is 0 Å². The van der Waals surface area contributed by atoms with Crippen molar-refractivity contribution in [2.45, 2.75) is 40.8 Å². The molecule has 1 aromatic heterocycles. The predicted molar refractivity (Wildman–Crippen MR) is 113 cm³/mol. The number of aryl methyl sites for hydroxylation is 2. The maximum atomic E-state index is 12.7. The summed E-state index contributed by atoms with van der Waals surface area (Å²) in [5.74, 6) is 0.386. The Bertz CT molecular complexity index is 1090. The van der Waals surface area contributed by atoms with Crippen LogP contribution < -0.4 is 9.88 Å². The number of nitrogens with one attached hydrogen (secondary N) is 1. The van der Waals surface area contributed by atoms with Gasteiger partial charge in [0.25, 0.3) is 11.7 Å². The summed E-state index contributed by atoms with van der Waals surface area (Å²) in [6.45, 7) is 8.88. The summed E-state index contributed by atoms with van der Waals surface area (Å²) >= 11 is 6.15. The molecule has 0 atom stereocenters. The van der Waals surface area contributed by atoms with E-state index in [4.69, 9.17) is 16.3 Å². The topological polar surface area (TPSA) is 64.2 Å². The lowest BCUT2D eigenvalue weighted by Gasteiger charge is -2.07. The molecule has 0 saturated carbocycles. The largest absolute Gasteiger partial charge is 0.462 e. The van der Waals surface area contributed by atoms with Crippen LogP contribution in [0.1, 0.15) is 35.6 Å². The molecular formula is C22H25ClN3O3+. The number of hydrogen-bond acceptors (Lipinski definition) is 3. The Balaban J connectivity index is 1.95. The van der Waals surface area contributed by atoms with E-state index in [0.29, 0.717) is 22.9 Å². The van der Waals surface area contributed by atoms with Gasteiger partial charge in [-0.1, -0.05) is 17.7 Å². The molecule has 152 valence electrons. The fraction of sp³-hybridized carbons (Fsp3) is 0.318. The summed E-state index contributed by atoms with van der Waals surface area (Å²) in [5, 5.41) is 3.50. The number of nitrogens with zero attached hydrogens (tertiary/aromatic N) is 2. The van der Waals surface area contributed by atoms with Crippen LogP contribution in [-0.2, 0) is 22.6 Å². The summed E-state index contributed by atoms with van der Waals surface area (Å²) in [7, 11) is 0. The maximum Gasteiger partial charge on any atom is 0.338 e. The second-order valence-electron chi connectivity index (χ2n) is 6.81. The lowest BCUT2D eigenvalue weighted by molar-refractivity contribution is -0.674. The van der Waals surface area contributed by atoms with Crippen molar-refractivity contribution in [2.75, 3.05) is 11.9 Å². The Hall–Kier alpha value is -2.86. The van der Waals surface area contributed by atoms with E-state index in [0.717, 1.165) is 29.0 Å².